The van der Waals surface area contributed by atoms with Crippen LogP contribution in [0.4, 0.5) is 0 Å². The van der Waals surface area contributed by atoms with Crippen LogP contribution in [-0.4, -0.2) is 181 Å². The number of nitrogens with zero attached hydrogens (tertiary/aromatic N) is 9. The minimum atomic E-state index is -3.37. The Hall–Kier alpha value is -6.55. The molecule has 5 heterocycles. The Morgan fingerprint density at radius 3 is 1.16 bits per heavy atom. The number of rotatable bonds is 17. The molecule has 6 atom stereocenters. The smallest absolute Gasteiger partial charge is 0.243 e. The molecule has 1 N–H and O–H groups in total. The standard InChI is InChI=1S/C14H16N2O.C13H17NO.C12H14N2O2S.C11H15NO2S.C10H20O2S.C10H20.C9H18N2O.C8H13N.C7H16O.C6H12/c1-11-6-7-16(10-11)14(17)8-12-2-4-13(9-15)5-3-12;1-11-7-8-14(10-11)13(15)9-12-5-3-2-4-6-12;1-10-6-7-14(9-10)17(15,16)12-4-2-11(8-13)3-5-12;1-10-7-8-12(9-10)15(13,14)11-5-3-2-4-6-11;1-9-3-5-10(6-4-9)7-8-13(2,11)12;1-5-6-10(7-8-10)9(2,3)4;1-8-4-5-11(6-8)9(12)7-10(2)3;1-7-2-4-8(6-9)5-3-7;1-6(5-8)7(2,3)4;1-5(2)6-3-4-6/h2-5,11H,6-8,10H2,1H3;2-6,11H,7-10H2,1H3;2-5,10H,6-7,9H2,1H3;2-6,10H,7-9H2,1H3;9-10H,3-8H2,1-2H3;5-8H2,1-4H3;8H,4-7H2,1-3H3;7-8H,2-5H2,1H3;6,8H,5H2,1-4H3;5-6H,3-4H2,1-2H3/t2*11-;2*10-;;;8-;;6-;/m1111..1.0./s1. The van der Waals surface area contributed by atoms with Crippen LogP contribution in [0, 0.1) is 121 Å². The van der Waals surface area contributed by atoms with Gasteiger partial charge in [0.2, 0.25) is 37.8 Å². The van der Waals surface area contributed by atoms with Gasteiger partial charge in [-0.05, 0) is 251 Å². The topological polar surface area (TPSA) is 265 Å². The van der Waals surface area contributed by atoms with Crippen molar-refractivity contribution in [3.8, 4) is 18.2 Å². The second-order valence-electron chi connectivity index (χ2n) is 40.0. The van der Waals surface area contributed by atoms with Gasteiger partial charge >= 0.3 is 0 Å². The maximum Gasteiger partial charge on any atom is 0.243 e. The van der Waals surface area contributed by atoms with E-state index in [1.165, 1.54) is 118 Å². The number of aliphatic hydroxyl groups is 1. The quantitative estimate of drug-likeness (QED) is 0.103. The summed E-state index contributed by atoms with van der Waals surface area (Å²) in [6.45, 7) is 46.6. The van der Waals surface area contributed by atoms with E-state index in [-0.39, 0.29) is 28.0 Å². The highest BCUT2D eigenvalue weighted by Crippen LogP contribution is 2.61. The molecule has 684 valence electrons. The summed E-state index contributed by atoms with van der Waals surface area (Å²) < 4.78 is 73.6. The van der Waals surface area contributed by atoms with Crippen molar-refractivity contribution in [3.05, 3.63) is 131 Å². The molecule has 22 heteroatoms. The van der Waals surface area contributed by atoms with Crippen molar-refractivity contribution < 1.29 is 44.7 Å². The van der Waals surface area contributed by atoms with Gasteiger partial charge in [-0.3, -0.25) is 14.4 Å². The first kappa shape index (κ1) is 108. The van der Waals surface area contributed by atoms with Crippen LogP contribution in [0.15, 0.2) is 119 Å². The highest BCUT2D eigenvalue weighted by atomic mass is 32.2. The van der Waals surface area contributed by atoms with Crippen molar-refractivity contribution >= 4 is 47.6 Å². The van der Waals surface area contributed by atoms with E-state index in [4.69, 9.17) is 20.9 Å². The largest absolute Gasteiger partial charge is 0.396 e. The molecule has 4 aromatic rings. The zero-order chi connectivity index (χ0) is 91.2. The number of benzene rings is 4. The predicted molar refractivity (Wildman–Crippen MR) is 499 cm³/mol. The van der Waals surface area contributed by atoms with Crippen molar-refractivity contribution in [1.82, 2.24) is 28.2 Å². The van der Waals surface area contributed by atoms with Gasteiger partial charge in [-0.25, -0.2) is 25.3 Å². The highest BCUT2D eigenvalue weighted by molar-refractivity contribution is 7.90. The van der Waals surface area contributed by atoms with Crippen molar-refractivity contribution in [2.24, 2.45) is 87.3 Å². The summed E-state index contributed by atoms with van der Waals surface area (Å²) in [5.74, 6) is 9.24. The van der Waals surface area contributed by atoms with Crippen LogP contribution >= 0.6 is 0 Å². The number of nitriles is 3. The average Bonchev–Trinajstić information content (AvgIpc) is 1.61. The molecule has 3 amide bonds. The summed E-state index contributed by atoms with van der Waals surface area (Å²) in [6, 6.07) is 38.3. The Balaban J connectivity index is 0.000000288. The zero-order valence-electron chi connectivity index (χ0n) is 78.9. The fourth-order valence-electron chi connectivity index (χ4n) is 16.0. The summed E-state index contributed by atoms with van der Waals surface area (Å²) in [7, 11) is -5.49. The van der Waals surface area contributed by atoms with Gasteiger partial charge in [-0.15, -0.1) is 0 Å². The van der Waals surface area contributed by atoms with Gasteiger partial charge in [-0.1, -0.05) is 210 Å². The molecule has 4 aromatic carbocycles. The lowest BCUT2D eigenvalue weighted by atomic mass is 9.75. The minimum absolute atomic E-state index is 0.194. The molecule has 4 saturated carbocycles. The number of sulfone groups is 1. The second kappa shape index (κ2) is 53.2. The lowest BCUT2D eigenvalue weighted by Gasteiger charge is -2.30. The number of hydrogen-bond donors (Lipinski definition) is 1. The molecule has 0 radical (unpaired) electrons. The molecule has 0 bridgehead atoms. The van der Waals surface area contributed by atoms with Gasteiger partial charge in [0.15, 0.2) is 0 Å². The van der Waals surface area contributed by atoms with E-state index in [2.05, 4.69) is 123 Å². The lowest BCUT2D eigenvalue weighted by molar-refractivity contribution is -0.131. The first-order valence-corrected chi connectivity index (χ1v) is 51.0. The maximum absolute atomic E-state index is 12.2. The lowest BCUT2D eigenvalue weighted by Crippen LogP contribution is -2.36. The third kappa shape index (κ3) is 40.8. The van der Waals surface area contributed by atoms with E-state index in [0.717, 1.165) is 124 Å². The Labute approximate surface area is 742 Å². The summed E-state index contributed by atoms with van der Waals surface area (Å²) in [6.07, 6.45) is 27.1. The molecule has 5 saturated heterocycles. The van der Waals surface area contributed by atoms with Crippen LogP contribution in [0.25, 0.3) is 0 Å². The van der Waals surface area contributed by atoms with Gasteiger partial charge < -0.3 is 24.7 Å². The summed E-state index contributed by atoms with van der Waals surface area (Å²) in [5, 5.41) is 34.6. The van der Waals surface area contributed by atoms with Crippen LogP contribution < -0.4 is 0 Å². The SMILES string of the molecule is CC(C)C1CC1.CC1CCC(C#N)CC1.CC1CCC(CCS(C)(=O)=O)CC1.CCCC1(C(C)(C)C)CC1.C[C@@H](CO)C(C)(C)C.C[C@@H]1CCN(C(=O)CN(C)C)C1.C[C@@H]1CCN(C(=O)Cc2ccc(C#N)cc2)C1.C[C@@H]1CCN(C(=O)Cc2ccccc2)C1.C[C@@H]1CCN(S(=O)(=O)c2ccc(C#N)cc2)C1.C[C@@H]1CCN(S(=O)(=O)c2ccccc2)C1. The maximum atomic E-state index is 12.2. The molecule has 5 aliphatic heterocycles. The van der Waals surface area contributed by atoms with Gasteiger partial charge in [0.25, 0.3) is 0 Å². The average molecular weight is 1750 g/mol. The second-order valence-corrected chi connectivity index (χ2v) is 46.1. The number of aliphatic hydroxyl groups excluding tert-OH is 1. The number of amides is 3. The number of likely N-dealkylation sites (tertiary alicyclic amines) is 3. The monoisotopic (exact) mass is 1740 g/mol. The molecule has 0 aromatic heterocycles. The molecule has 19 nitrogen and oxygen atoms in total. The molecular weight excluding hydrogens is 1580 g/mol. The molecular formula is C100H161N9O10S3. The Bertz CT molecular complexity index is 4170. The normalized spacial score (nSPS) is 23.2. The van der Waals surface area contributed by atoms with Crippen LogP contribution in [0.3, 0.4) is 0 Å². The van der Waals surface area contributed by atoms with Crippen molar-refractivity contribution in [3.63, 3.8) is 0 Å². The molecule has 9 fully saturated rings. The third-order valence-corrected chi connectivity index (χ3v) is 30.7. The van der Waals surface area contributed by atoms with E-state index in [1.807, 2.05) is 95.2 Å². The van der Waals surface area contributed by atoms with Gasteiger partial charge in [0.1, 0.15) is 9.84 Å². The van der Waals surface area contributed by atoms with Crippen molar-refractivity contribution in [2.45, 2.75) is 269 Å². The fraction of sp³-hybridized carbons (Fsp3) is 0.700. The molecule has 9 aliphatic rings. The molecule has 0 spiro atoms. The van der Waals surface area contributed by atoms with E-state index in [0.29, 0.717) is 127 Å². The number of likely N-dealkylation sites (N-methyl/N-ethyl adjacent to an activating group) is 1. The molecule has 4 aliphatic carbocycles. The first-order chi connectivity index (χ1) is 57.3. The molecule has 122 heavy (non-hydrogen) atoms. The zero-order valence-corrected chi connectivity index (χ0v) is 81.4. The highest BCUT2D eigenvalue weighted by Gasteiger charge is 2.50. The fourth-order valence-corrected chi connectivity index (χ4v) is 19.9. The van der Waals surface area contributed by atoms with Crippen molar-refractivity contribution in [2.75, 3.05) is 105 Å². The summed E-state index contributed by atoms with van der Waals surface area (Å²) in [5.41, 5.74) is 4.75. The van der Waals surface area contributed by atoms with E-state index in [1.54, 1.807) is 40.7 Å². The summed E-state index contributed by atoms with van der Waals surface area (Å²) in [4.78, 5) is 43.8. The van der Waals surface area contributed by atoms with Crippen LogP contribution in [0.2, 0.25) is 0 Å². The van der Waals surface area contributed by atoms with Crippen LogP contribution in [0.5, 0.6) is 0 Å². The third-order valence-electron chi connectivity index (χ3n) is 25.9. The number of carbonyl (C=O) groups excluding carboxylic acids is 3. The molecule has 13 rings (SSSR count). The number of carbonyl (C=O) groups is 3. The van der Waals surface area contributed by atoms with Gasteiger partial charge in [0.05, 0.1) is 64.3 Å². The Morgan fingerprint density at radius 1 is 0.492 bits per heavy atom. The minimum Gasteiger partial charge on any atom is -0.396 e. The van der Waals surface area contributed by atoms with E-state index >= 15 is 0 Å². The number of hydrogen-bond acceptors (Lipinski definition) is 14. The first-order valence-electron chi connectivity index (χ1n) is 46.0. The van der Waals surface area contributed by atoms with Gasteiger partial charge in [-0.2, -0.15) is 24.4 Å². The Morgan fingerprint density at radius 2 is 0.869 bits per heavy atom. The van der Waals surface area contributed by atoms with Crippen molar-refractivity contribution in [1.29, 1.82) is 15.8 Å². The molecule has 0 unspecified atom stereocenters. The number of sulfonamides is 2. The predicted octanol–water partition coefficient (Wildman–Crippen LogP) is 19.7. The summed E-state index contributed by atoms with van der Waals surface area (Å²) >= 11 is 0. The Kier molecular flexibility index (Phi) is 47.0. The van der Waals surface area contributed by atoms with E-state index in [9.17, 15) is 39.6 Å². The van der Waals surface area contributed by atoms with Crippen LogP contribution in [-0.2, 0) is 57.1 Å². The van der Waals surface area contributed by atoms with Crippen LogP contribution in [0.1, 0.15) is 268 Å². The van der Waals surface area contributed by atoms with E-state index < -0.39 is 29.9 Å². The van der Waals surface area contributed by atoms with Gasteiger partial charge in [0, 0.05) is 84.2 Å².